The molecule has 136 valence electrons. The van der Waals surface area contributed by atoms with Crippen LogP contribution in [-0.2, 0) is 15.5 Å². The predicted octanol–water partition coefficient (Wildman–Crippen LogP) is 5.13. The van der Waals surface area contributed by atoms with Crippen LogP contribution in [0.15, 0.2) is 48.5 Å². The highest BCUT2D eigenvalue weighted by Gasteiger charge is 2.58. The molecule has 2 heterocycles. The normalized spacial score (nSPS) is 23.3. The lowest BCUT2D eigenvalue weighted by molar-refractivity contribution is 0.000337. The Labute approximate surface area is 163 Å². The highest BCUT2D eigenvalue weighted by Crippen LogP contribution is 2.54. The van der Waals surface area contributed by atoms with E-state index in [0.29, 0.717) is 0 Å². The number of benzene rings is 2. The van der Waals surface area contributed by atoms with Crippen LogP contribution in [0.5, 0.6) is 5.75 Å². The van der Waals surface area contributed by atoms with E-state index in [1.165, 1.54) is 11.3 Å². The fourth-order valence-corrected chi connectivity index (χ4v) is 4.78. The molecule has 1 atom stereocenters. The van der Waals surface area contributed by atoms with Crippen LogP contribution in [0, 0.1) is 0 Å². The quantitative estimate of drug-likeness (QED) is 0.648. The smallest absolute Gasteiger partial charge is 0.170 e. The van der Waals surface area contributed by atoms with Crippen molar-refractivity contribution in [3.63, 3.8) is 0 Å². The first kappa shape index (κ1) is 17.6. The van der Waals surface area contributed by atoms with Crippen molar-refractivity contribution >= 4 is 27.7 Å². The molecule has 0 saturated carbocycles. The van der Waals surface area contributed by atoms with Gasteiger partial charge in [-0.15, -0.1) is 0 Å². The van der Waals surface area contributed by atoms with Crippen molar-refractivity contribution in [1.82, 2.24) is 0 Å². The fourth-order valence-electron chi connectivity index (χ4n) is 4.35. The van der Waals surface area contributed by atoms with Crippen LogP contribution in [0.4, 0.5) is 5.69 Å². The summed E-state index contributed by atoms with van der Waals surface area (Å²) in [7, 11) is 1.71. The zero-order chi connectivity index (χ0) is 18.4. The highest BCUT2D eigenvalue weighted by atomic mass is 79.9. The first-order chi connectivity index (χ1) is 12.5. The summed E-state index contributed by atoms with van der Waals surface area (Å²) in [6.07, 6.45) is 4.41. The lowest BCUT2D eigenvalue weighted by Gasteiger charge is -2.39. The van der Waals surface area contributed by atoms with E-state index in [-0.39, 0.29) is 5.41 Å². The molecule has 0 bridgehead atoms. The van der Waals surface area contributed by atoms with Gasteiger partial charge in [0.25, 0.3) is 0 Å². The minimum absolute atomic E-state index is 0.124. The number of halogens is 1. The molecule has 0 amide bonds. The molecule has 0 spiro atoms. The third kappa shape index (κ3) is 2.43. The van der Waals surface area contributed by atoms with Crippen molar-refractivity contribution in [3.8, 4) is 5.75 Å². The van der Waals surface area contributed by atoms with Crippen molar-refractivity contribution in [2.24, 2.45) is 0 Å². The van der Waals surface area contributed by atoms with E-state index < -0.39 is 5.72 Å². The third-order valence-electron chi connectivity index (χ3n) is 5.75. The molecular weight excluding hydrogens is 390 g/mol. The van der Waals surface area contributed by atoms with Gasteiger partial charge in [-0.25, -0.2) is 0 Å². The molecular formula is C22H24BrNO2. The van der Waals surface area contributed by atoms with Crippen LogP contribution in [0.1, 0.15) is 30.5 Å². The molecule has 1 saturated heterocycles. The average molecular weight is 414 g/mol. The Morgan fingerprint density at radius 3 is 2.81 bits per heavy atom. The van der Waals surface area contributed by atoms with E-state index in [9.17, 15) is 0 Å². The number of methoxy groups -OCH3 is 1. The highest BCUT2D eigenvalue weighted by molar-refractivity contribution is 9.08. The second-order valence-electron chi connectivity index (χ2n) is 7.38. The number of alkyl halides is 1. The summed E-state index contributed by atoms with van der Waals surface area (Å²) >= 11 is 3.55. The third-order valence-corrected chi connectivity index (χ3v) is 6.36. The number of hydrogen-bond acceptors (Lipinski definition) is 3. The second-order valence-corrected chi connectivity index (χ2v) is 7.94. The van der Waals surface area contributed by atoms with Crippen LogP contribution in [0.25, 0.3) is 6.08 Å². The van der Waals surface area contributed by atoms with Gasteiger partial charge in [0, 0.05) is 28.5 Å². The minimum Gasteiger partial charge on any atom is -0.496 e. The topological polar surface area (TPSA) is 21.7 Å². The van der Waals surface area contributed by atoms with E-state index in [1.807, 2.05) is 6.07 Å². The van der Waals surface area contributed by atoms with Crippen molar-refractivity contribution in [3.05, 3.63) is 65.2 Å². The van der Waals surface area contributed by atoms with Crippen LogP contribution >= 0.6 is 15.9 Å². The van der Waals surface area contributed by atoms with Crippen LogP contribution in [-0.4, -0.2) is 26.0 Å². The van der Waals surface area contributed by atoms with Crippen LogP contribution in [0.2, 0.25) is 0 Å². The molecule has 0 aromatic heterocycles. The summed E-state index contributed by atoms with van der Waals surface area (Å²) < 4.78 is 11.8. The predicted molar refractivity (Wildman–Crippen MR) is 110 cm³/mol. The molecule has 0 N–H and O–H groups in total. The van der Waals surface area contributed by atoms with Crippen LogP contribution in [0.3, 0.4) is 0 Å². The summed E-state index contributed by atoms with van der Waals surface area (Å²) in [6.45, 7) is 6.22. The van der Waals surface area contributed by atoms with Gasteiger partial charge < -0.3 is 14.4 Å². The van der Waals surface area contributed by atoms with Crippen LogP contribution < -0.4 is 9.64 Å². The summed E-state index contributed by atoms with van der Waals surface area (Å²) in [5.74, 6) is 0.907. The lowest BCUT2D eigenvalue weighted by atomic mass is 9.77. The Balaban J connectivity index is 1.75. The first-order valence-electron chi connectivity index (χ1n) is 8.97. The van der Waals surface area contributed by atoms with Gasteiger partial charge in [0.15, 0.2) is 5.72 Å². The molecule has 1 unspecified atom stereocenters. The molecule has 26 heavy (non-hydrogen) atoms. The molecule has 3 nitrogen and oxygen atoms in total. The number of fused-ring (bicyclic) bond motifs is 3. The molecule has 2 aliphatic heterocycles. The van der Waals surface area contributed by atoms with Gasteiger partial charge in [0.05, 0.1) is 13.7 Å². The number of rotatable bonds is 4. The van der Waals surface area contributed by atoms with Gasteiger partial charge in [0.1, 0.15) is 5.75 Å². The summed E-state index contributed by atoms with van der Waals surface area (Å²) in [5.41, 5.74) is 4.37. The number of para-hydroxylation sites is 1. The van der Waals surface area contributed by atoms with E-state index in [0.717, 1.165) is 35.4 Å². The Morgan fingerprint density at radius 2 is 2.04 bits per heavy atom. The maximum atomic E-state index is 6.39. The second kappa shape index (κ2) is 6.43. The molecule has 2 aromatic carbocycles. The minimum atomic E-state index is -0.439. The molecule has 2 aromatic rings. The number of ether oxygens (including phenoxy) is 2. The molecule has 1 fully saturated rings. The van der Waals surface area contributed by atoms with Gasteiger partial charge in [-0.2, -0.15) is 0 Å². The van der Waals surface area contributed by atoms with E-state index in [1.54, 1.807) is 7.11 Å². The fraction of sp³-hybridized carbons (Fsp3) is 0.364. The van der Waals surface area contributed by atoms with E-state index in [2.05, 4.69) is 83.2 Å². The molecule has 4 rings (SSSR count). The summed E-state index contributed by atoms with van der Waals surface area (Å²) in [6, 6.07) is 14.9. The van der Waals surface area contributed by atoms with Gasteiger partial charge >= 0.3 is 0 Å². The van der Waals surface area contributed by atoms with E-state index >= 15 is 0 Å². The lowest BCUT2D eigenvalue weighted by Crippen LogP contribution is -2.51. The molecule has 0 aliphatic carbocycles. The van der Waals surface area contributed by atoms with Gasteiger partial charge in [-0.1, -0.05) is 60.1 Å². The van der Waals surface area contributed by atoms with Gasteiger partial charge in [-0.05, 0) is 35.4 Å². The van der Waals surface area contributed by atoms with Gasteiger partial charge in [0.2, 0.25) is 0 Å². The average Bonchev–Trinajstić information content (AvgIpc) is 3.17. The molecule has 2 aliphatic rings. The standard InChI is InChI=1S/C22H24BrNO2/c1-21(2)18-6-4-5-7-19(18)24-12-13-26-22(21,24)11-10-16-8-9-20(25-3)17(14-16)15-23/h4-11,14H,12-13,15H2,1-3H3/b11-10+. The Kier molecular flexibility index (Phi) is 4.36. The van der Waals surface area contributed by atoms with Crippen molar-refractivity contribution in [1.29, 1.82) is 0 Å². The molecule has 0 radical (unpaired) electrons. The zero-order valence-electron chi connectivity index (χ0n) is 15.5. The zero-order valence-corrected chi connectivity index (χ0v) is 17.0. The SMILES string of the molecule is COc1ccc(/C=C/C23OCCN2c2ccccc2C3(C)C)cc1CBr. The Bertz CT molecular complexity index is 861. The monoisotopic (exact) mass is 413 g/mol. The van der Waals surface area contributed by atoms with Gasteiger partial charge in [-0.3, -0.25) is 0 Å². The maximum Gasteiger partial charge on any atom is 0.170 e. The number of nitrogens with zero attached hydrogens (tertiary/aromatic N) is 1. The van der Waals surface area contributed by atoms with Crippen molar-refractivity contribution in [2.45, 2.75) is 30.3 Å². The largest absolute Gasteiger partial charge is 0.496 e. The Hall–Kier alpha value is -1.78. The van der Waals surface area contributed by atoms with Crippen molar-refractivity contribution in [2.75, 3.05) is 25.2 Å². The first-order valence-corrected chi connectivity index (χ1v) is 10.1. The maximum absolute atomic E-state index is 6.39. The van der Waals surface area contributed by atoms with E-state index in [4.69, 9.17) is 9.47 Å². The number of anilines is 1. The number of hydrogen-bond donors (Lipinski definition) is 0. The molecule has 4 heteroatoms. The van der Waals surface area contributed by atoms with Crippen molar-refractivity contribution < 1.29 is 9.47 Å². The Morgan fingerprint density at radius 1 is 1.23 bits per heavy atom. The summed E-state index contributed by atoms with van der Waals surface area (Å²) in [5, 5.41) is 0.766. The summed E-state index contributed by atoms with van der Waals surface area (Å²) in [4.78, 5) is 2.41.